The van der Waals surface area contributed by atoms with E-state index in [-0.39, 0.29) is 13.3 Å². The van der Waals surface area contributed by atoms with Gasteiger partial charge in [0.05, 0.1) is 11.4 Å². The molecule has 8 nitrogen and oxygen atoms in total. The molecular weight excluding hydrogens is 440 g/mol. The van der Waals surface area contributed by atoms with Gasteiger partial charge in [0.1, 0.15) is 5.82 Å². The molecule has 2 amide bonds. The number of fused-ring (bicyclic) bond motifs is 2. The number of halogens is 1. The van der Waals surface area contributed by atoms with Crippen molar-refractivity contribution in [2.24, 2.45) is 0 Å². The normalized spacial score (nSPS) is 13.7. The van der Waals surface area contributed by atoms with E-state index in [9.17, 15) is 9.59 Å². The van der Waals surface area contributed by atoms with Gasteiger partial charge < -0.3 is 20.1 Å². The van der Waals surface area contributed by atoms with Gasteiger partial charge in [0, 0.05) is 28.6 Å². The van der Waals surface area contributed by atoms with Crippen LogP contribution < -0.4 is 20.1 Å². The van der Waals surface area contributed by atoms with E-state index in [1.807, 2.05) is 18.2 Å². The van der Waals surface area contributed by atoms with E-state index in [1.54, 1.807) is 40.7 Å². The Bertz CT molecular complexity index is 1200. The fraction of sp³-hybridized carbons (Fsp3) is 0.190. The first-order valence-corrected chi connectivity index (χ1v) is 11.0. The van der Waals surface area contributed by atoms with Gasteiger partial charge in [-0.05, 0) is 35.9 Å². The molecule has 3 aromatic rings. The van der Waals surface area contributed by atoms with Crippen LogP contribution in [0.25, 0.3) is 5.69 Å². The topological polar surface area (TPSA) is 94.5 Å². The summed E-state index contributed by atoms with van der Waals surface area (Å²) in [5.74, 6) is 1.74. The van der Waals surface area contributed by atoms with Crippen molar-refractivity contribution in [3.05, 3.63) is 64.3 Å². The molecule has 0 aliphatic carbocycles. The van der Waals surface area contributed by atoms with E-state index >= 15 is 0 Å². The Balaban J connectivity index is 1.31. The number of nitrogens with zero attached hydrogens (tertiary/aromatic N) is 2. The maximum Gasteiger partial charge on any atom is 0.314 e. The van der Waals surface area contributed by atoms with Gasteiger partial charge in [-0.3, -0.25) is 9.59 Å². The smallest absolute Gasteiger partial charge is 0.314 e. The minimum atomic E-state index is -0.761. The Labute approximate surface area is 186 Å². The minimum absolute atomic E-state index is 0.177. The van der Waals surface area contributed by atoms with Crippen LogP contribution in [0.1, 0.15) is 16.8 Å². The lowest BCUT2D eigenvalue weighted by molar-refractivity contribution is -0.136. The molecule has 0 atom stereocenters. The van der Waals surface area contributed by atoms with Crippen LogP contribution in [0.5, 0.6) is 11.5 Å². The van der Waals surface area contributed by atoms with Gasteiger partial charge in [0.2, 0.25) is 6.79 Å². The average Bonchev–Trinajstić information content (AvgIpc) is 3.48. The Kier molecular flexibility index (Phi) is 5.21. The van der Waals surface area contributed by atoms with Gasteiger partial charge in [0.15, 0.2) is 11.5 Å². The summed E-state index contributed by atoms with van der Waals surface area (Å²) in [6, 6.07) is 12.5. The number of amides is 2. The van der Waals surface area contributed by atoms with Gasteiger partial charge in [0.25, 0.3) is 0 Å². The highest BCUT2D eigenvalue weighted by atomic mass is 35.5. The lowest BCUT2D eigenvalue weighted by Crippen LogP contribution is -2.35. The molecule has 0 radical (unpaired) electrons. The van der Waals surface area contributed by atoms with Crippen LogP contribution in [0, 0.1) is 0 Å². The van der Waals surface area contributed by atoms with Crippen molar-refractivity contribution < 1.29 is 19.1 Å². The molecule has 1 aromatic heterocycles. The molecule has 3 heterocycles. The van der Waals surface area contributed by atoms with Gasteiger partial charge in [-0.25, -0.2) is 4.68 Å². The molecular formula is C21H17ClN4O4S. The molecule has 0 saturated heterocycles. The molecule has 10 heteroatoms. The third-order valence-electron chi connectivity index (χ3n) is 4.93. The summed E-state index contributed by atoms with van der Waals surface area (Å²) in [5.41, 5.74) is 3.32. The zero-order valence-corrected chi connectivity index (χ0v) is 17.8. The summed E-state index contributed by atoms with van der Waals surface area (Å²) in [6.45, 7) is 0.362. The third kappa shape index (κ3) is 3.94. The van der Waals surface area contributed by atoms with Crippen molar-refractivity contribution >= 4 is 41.0 Å². The third-order valence-corrected chi connectivity index (χ3v) is 6.14. The first-order valence-electron chi connectivity index (χ1n) is 9.50. The van der Waals surface area contributed by atoms with Crippen LogP contribution in [0.3, 0.4) is 0 Å². The molecule has 0 unspecified atom stereocenters. The van der Waals surface area contributed by atoms with Crippen molar-refractivity contribution in [2.75, 3.05) is 12.1 Å². The van der Waals surface area contributed by atoms with Crippen molar-refractivity contribution in [1.82, 2.24) is 15.1 Å². The summed E-state index contributed by atoms with van der Waals surface area (Å²) in [5, 5.41) is 10.5. The standard InChI is InChI=1S/C21H17ClN4O4S/c22-13-2-1-3-14(7-13)26-19(15-9-31-10-16(15)25-26)24-21(28)20(27)23-8-12-4-5-17-18(6-12)30-11-29-17/h1-7H,8-11H2,(H,23,27)(H,24,28). The number of hydrogen-bond donors (Lipinski definition) is 2. The van der Waals surface area contributed by atoms with Crippen LogP contribution in [-0.4, -0.2) is 28.4 Å². The van der Waals surface area contributed by atoms with Gasteiger partial charge >= 0.3 is 11.8 Å². The Morgan fingerprint density at radius 2 is 1.97 bits per heavy atom. The maximum absolute atomic E-state index is 12.6. The number of benzene rings is 2. The monoisotopic (exact) mass is 456 g/mol. The van der Waals surface area contributed by atoms with Gasteiger partial charge in [-0.2, -0.15) is 16.9 Å². The second kappa shape index (κ2) is 8.16. The van der Waals surface area contributed by atoms with Gasteiger partial charge in [-0.15, -0.1) is 0 Å². The molecule has 0 fully saturated rings. The minimum Gasteiger partial charge on any atom is -0.454 e. The van der Waals surface area contributed by atoms with E-state index in [1.165, 1.54) is 0 Å². The second-order valence-corrected chi connectivity index (χ2v) is 8.40. The number of nitrogens with one attached hydrogen (secondary N) is 2. The molecule has 0 saturated carbocycles. The fourth-order valence-corrected chi connectivity index (χ4v) is 4.63. The second-order valence-electron chi connectivity index (χ2n) is 6.98. The highest BCUT2D eigenvalue weighted by molar-refractivity contribution is 7.98. The SMILES string of the molecule is O=C(NCc1ccc2c(c1)OCO2)C(=O)Nc1c2c(nn1-c1cccc(Cl)c1)CSC2. The Morgan fingerprint density at radius 1 is 1.10 bits per heavy atom. The predicted octanol–water partition coefficient (Wildman–Crippen LogP) is 3.26. The molecule has 158 valence electrons. The first kappa shape index (κ1) is 19.8. The summed E-state index contributed by atoms with van der Waals surface area (Å²) < 4.78 is 12.2. The van der Waals surface area contributed by atoms with Crippen molar-refractivity contribution in [1.29, 1.82) is 0 Å². The predicted molar refractivity (Wildman–Crippen MR) is 117 cm³/mol. The Morgan fingerprint density at radius 3 is 2.84 bits per heavy atom. The molecule has 5 rings (SSSR count). The van der Waals surface area contributed by atoms with E-state index in [0.717, 1.165) is 22.6 Å². The summed E-state index contributed by atoms with van der Waals surface area (Å²) in [4.78, 5) is 25.1. The van der Waals surface area contributed by atoms with Crippen molar-refractivity contribution in [3.63, 3.8) is 0 Å². The number of anilines is 1. The lowest BCUT2D eigenvalue weighted by atomic mass is 10.2. The summed E-state index contributed by atoms with van der Waals surface area (Å²) in [7, 11) is 0. The molecule has 0 bridgehead atoms. The highest BCUT2D eigenvalue weighted by Crippen LogP contribution is 2.36. The number of ether oxygens (including phenoxy) is 2. The van der Waals surface area contributed by atoms with Crippen LogP contribution >= 0.6 is 23.4 Å². The molecule has 2 aliphatic rings. The Hall–Kier alpha value is -3.17. The van der Waals surface area contributed by atoms with E-state index in [2.05, 4.69) is 15.7 Å². The molecule has 2 aromatic carbocycles. The first-order chi connectivity index (χ1) is 15.1. The number of thioether (sulfide) groups is 1. The summed E-state index contributed by atoms with van der Waals surface area (Å²) >= 11 is 7.83. The molecule has 2 N–H and O–H groups in total. The lowest BCUT2D eigenvalue weighted by Gasteiger charge is -2.11. The van der Waals surface area contributed by atoms with Crippen molar-refractivity contribution in [2.45, 2.75) is 18.1 Å². The average molecular weight is 457 g/mol. The number of carbonyl (C=O) groups is 2. The zero-order valence-electron chi connectivity index (χ0n) is 16.2. The van der Waals surface area contributed by atoms with Crippen LogP contribution in [-0.2, 0) is 27.6 Å². The van der Waals surface area contributed by atoms with E-state index in [0.29, 0.717) is 33.8 Å². The van der Waals surface area contributed by atoms with Crippen LogP contribution in [0.4, 0.5) is 5.82 Å². The number of aromatic nitrogens is 2. The number of rotatable bonds is 4. The van der Waals surface area contributed by atoms with Gasteiger partial charge in [-0.1, -0.05) is 23.7 Å². The zero-order chi connectivity index (χ0) is 21.4. The quantitative estimate of drug-likeness (QED) is 0.585. The number of carbonyl (C=O) groups excluding carboxylic acids is 2. The largest absolute Gasteiger partial charge is 0.454 e. The number of hydrogen-bond acceptors (Lipinski definition) is 6. The van der Waals surface area contributed by atoms with Crippen LogP contribution in [0.15, 0.2) is 42.5 Å². The molecule has 0 spiro atoms. The summed E-state index contributed by atoms with van der Waals surface area (Å²) in [6.07, 6.45) is 0. The van der Waals surface area contributed by atoms with Crippen LogP contribution in [0.2, 0.25) is 5.02 Å². The molecule has 31 heavy (non-hydrogen) atoms. The van der Waals surface area contributed by atoms with E-state index in [4.69, 9.17) is 21.1 Å². The fourth-order valence-electron chi connectivity index (χ4n) is 3.41. The van der Waals surface area contributed by atoms with E-state index < -0.39 is 11.8 Å². The highest BCUT2D eigenvalue weighted by Gasteiger charge is 2.26. The maximum atomic E-state index is 12.6. The molecule has 2 aliphatic heterocycles. The van der Waals surface area contributed by atoms with Crippen molar-refractivity contribution in [3.8, 4) is 17.2 Å².